The number of carbonyl (C=O) groups excluding carboxylic acids is 1. The average Bonchev–Trinajstić information content (AvgIpc) is 3.47. The SMILES string of the molecule is O=C(c1cccc(Nc2ncc(-c3cn[nH]c3)n3ncnc23)c1)N1CCNCC1. The molecule has 1 saturated heterocycles. The number of hydrogen-bond donors (Lipinski definition) is 3. The molecule has 4 heterocycles. The predicted molar refractivity (Wildman–Crippen MR) is 107 cm³/mol. The Morgan fingerprint density at radius 1 is 1.14 bits per heavy atom. The highest BCUT2D eigenvalue weighted by atomic mass is 16.2. The van der Waals surface area contributed by atoms with Crippen LogP contribution in [0.25, 0.3) is 16.9 Å². The summed E-state index contributed by atoms with van der Waals surface area (Å²) in [6.07, 6.45) is 6.67. The molecule has 3 N–H and O–H groups in total. The number of aromatic nitrogens is 6. The molecular weight excluding hydrogens is 370 g/mol. The summed E-state index contributed by atoms with van der Waals surface area (Å²) >= 11 is 0. The molecule has 29 heavy (non-hydrogen) atoms. The molecular formula is C19H19N9O. The first-order chi connectivity index (χ1) is 14.3. The maximum atomic E-state index is 12.8. The van der Waals surface area contributed by atoms with Crippen LogP contribution in [0.2, 0.25) is 0 Å². The monoisotopic (exact) mass is 389 g/mol. The number of rotatable bonds is 4. The third-order valence-electron chi connectivity index (χ3n) is 4.87. The van der Waals surface area contributed by atoms with Gasteiger partial charge in [-0.05, 0) is 18.2 Å². The van der Waals surface area contributed by atoms with Crippen LogP contribution >= 0.6 is 0 Å². The molecule has 0 unspecified atom stereocenters. The molecule has 1 aliphatic heterocycles. The number of benzene rings is 1. The smallest absolute Gasteiger partial charge is 0.254 e. The molecule has 10 heteroatoms. The third kappa shape index (κ3) is 3.29. The van der Waals surface area contributed by atoms with Crippen molar-refractivity contribution >= 4 is 23.1 Å². The molecule has 1 amide bonds. The number of hydrogen-bond acceptors (Lipinski definition) is 7. The van der Waals surface area contributed by atoms with Crippen molar-refractivity contribution in [2.75, 3.05) is 31.5 Å². The summed E-state index contributed by atoms with van der Waals surface area (Å²) in [4.78, 5) is 23.5. The lowest BCUT2D eigenvalue weighted by Gasteiger charge is -2.27. The third-order valence-corrected chi connectivity index (χ3v) is 4.87. The van der Waals surface area contributed by atoms with Gasteiger partial charge >= 0.3 is 0 Å². The molecule has 0 bridgehead atoms. The quantitative estimate of drug-likeness (QED) is 0.482. The molecule has 0 saturated carbocycles. The highest BCUT2D eigenvalue weighted by Gasteiger charge is 2.18. The molecule has 0 spiro atoms. The Bertz CT molecular complexity index is 1150. The second-order valence-electron chi connectivity index (χ2n) is 6.72. The van der Waals surface area contributed by atoms with Crippen LogP contribution in [-0.4, -0.2) is 66.8 Å². The van der Waals surface area contributed by atoms with Crippen molar-refractivity contribution in [3.05, 3.63) is 54.7 Å². The van der Waals surface area contributed by atoms with Crippen molar-refractivity contribution in [2.45, 2.75) is 0 Å². The zero-order valence-corrected chi connectivity index (χ0v) is 15.5. The summed E-state index contributed by atoms with van der Waals surface area (Å²) in [7, 11) is 0. The zero-order chi connectivity index (χ0) is 19.6. The van der Waals surface area contributed by atoms with Gasteiger partial charge in [-0.2, -0.15) is 10.2 Å². The van der Waals surface area contributed by atoms with Crippen LogP contribution in [0, 0.1) is 0 Å². The Morgan fingerprint density at radius 3 is 2.86 bits per heavy atom. The van der Waals surface area contributed by atoms with Crippen molar-refractivity contribution < 1.29 is 4.79 Å². The van der Waals surface area contributed by atoms with Crippen LogP contribution in [0.4, 0.5) is 11.5 Å². The van der Waals surface area contributed by atoms with Gasteiger partial charge in [0, 0.05) is 49.2 Å². The maximum Gasteiger partial charge on any atom is 0.254 e. The van der Waals surface area contributed by atoms with Gasteiger partial charge in [0.1, 0.15) is 6.33 Å². The largest absolute Gasteiger partial charge is 0.337 e. The second-order valence-corrected chi connectivity index (χ2v) is 6.72. The van der Waals surface area contributed by atoms with Crippen molar-refractivity contribution in [3.8, 4) is 11.3 Å². The van der Waals surface area contributed by atoms with Gasteiger partial charge in [-0.3, -0.25) is 9.89 Å². The molecule has 1 aliphatic rings. The lowest BCUT2D eigenvalue weighted by atomic mass is 10.1. The number of carbonyl (C=O) groups is 1. The normalized spacial score (nSPS) is 14.3. The number of amides is 1. The van der Waals surface area contributed by atoms with E-state index in [0.29, 0.717) is 30.1 Å². The van der Waals surface area contributed by atoms with Gasteiger partial charge in [-0.25, -0.2) is 14.5 Å². The number of anilines is 2. The minimum atomic E-state index is 0.0334. The maximum absolute atomic E-state index is 12.8. The van der Waals surface area contributed by atoms with Gasteiger partial charge in [0.15, 0.2) is 11.5 Å². The molecule has 5 rings (SSSR count). The van der Waals surface area contributed by atoms with Crippen LogP contribution in [-0.2, 0) is 0 Å². The summed E-state index contributed by atoms with van der Waals surface area (Å²) in [5, 5.41) is 17.6. The molecule has 0 radical (unpaired) electrons. The summed E-state index contributed by atoms with van der Waals surface area (Å²) in [6.45, 7) is 3.07. The van der Waals surface area contributed by atoms with Gasteiger partial charge in [0.25, 0.3) is 5.91 Å². The van der Waals surface area contributed by atoms with Crippen LogP contribution in [0.5, 0.6) is 0 Å². The fraction of sp³-hybridized carbons (Fsp3) is 0.211. The Kier molecular flexibility index (Phi) is 4.37. The van der Waals surface area contributed by atoms with Gasteiger partial charge in [-0.15, -0.1) is 0 Å². The Balaban J connectivity index is 1.44. The molecule has 1 fully saturated rings. The van der Waals surface area contributed by atoms with E-state index in [9.17, 15) is 4.79 Å². The summed E-state index contributed by atoms with van der Waals surface area (Å²) in [6, 6.07) is 7.42. The molecule has 1 aromatic carbocycles. The van der Waals surface area contributed by atoms with E-state index in [-0.39, 0.29) is 5.91 Å². The number of piperazine rings is 1. The number of fused-ring (bicyclic) bond motifs is 1. The number of aromatic amines is 1. The topological polar surface area (TPSA) is 116 Å². The van der Waals surface area contributed by atoms with E-state index in [1.165, 1.54) is 6.33 Å². The molecule has 4 aromatic rings. The molecule has 0 aliphatic carbocycles. The van der Waals surface area contributed by atoms with E-state index in [1.807, 2.05) is 29.2 Å². The van der Waals surface area contributed by atoms with E-state index in [1.54, 1.807) is 23.1 Å². The standard InChI is InChI=1S/C19H19N9O/c29-19(27-6-4-20-5-7-27)13-2-1-3-15(8-13)26-17-18-22-12-25-28(18)16(11-21-17)14-9-23-24-10-14/h1-3,8-12,20H,4-7H2,(H,21,26)(H,23,24). The number of nitrogens with zero attached hydrogens (tertiary/aromatic N) is 6. The fourth-order valence-corrected chi connectivity index (χ4v) is 3.41. The zero-order valence-electron chi connectivity index (χ0n) is 15.5. The van der Waals surface area contributed by atoms with Crippen molar-refractivity contribution in [2.24, 2.45) is 0 Å². The first-order valence-electron chi connectivity index (χ1n) is 9.34. The van der Waals surface area contributed by atoms with Crippen molar-refractivity contribution in [1.82, 2.24) is 40.0 Å². The molecule has 146 valence electrons. The molecule has 3 aromatic heterocycles. The van der Waals surface area contributed by atoms with Gasteiger partial charge in [0.05, 0.1) is 18.1 Å². The first-order valence-corrected chi connectivity index (χ1v) is 9.34. The highest BCUT2D eigenvalue weighted by molar-refractivity contribution is 5.95. The lowest BCUT2D eigenvalue weighted by molar-refractivity contribution is 0.0736. The molecule has 10 nitrogen and oxygen atoms in total. The van der Waals surface area contributed by atoms with E-state index in [4.69, 9.17) is 0 Å². The summed E-state index contributed by atoms with van der Waals surface area (Å²) in [5.74, 6) is 0.590. The lowest BCUT2D eigenvalue weighted by Crippen LogP contribution is -2.46. The number of H-pyrrole nitrogens is 1. The van der Waals surface area contributed by atoms with E-state index in [2.05, 4.69) is 35.9 Å². The van der Waals surface area contributed by atoms with Crippen LogP contribution in [0.1, 0.15) is 10.4 Å². The first kappa shape index (κ1) is 17.3. The number of nitrogens with one attached hydrogen (secondary N) is 3. The van der Waals surface area contributed by atoms with Crippen LogP contribution in [0.15, 0.2) is 49.2 Å². The van der Waals surface area contributed by atoms with Crippen LogP contribution < -0.4 is 10.6 Å². The second kappa shape index (κ2) is 7.32. The molecule has 0 atom stereocenters. The Morgan fingerprint density at radius 2 is 2.03 bits per heavy atom. The van der Waals surface area contributed by atoms with Crippen molar-refractivity contribution in [1.29, 1.82) is 0 Å². The highest BCUT2D eigenvalue weighted by Crippen LogP contribution is 2.24. The van der Waals surface area contributed by atoms with E-state index >= 15 is 0 Å². The predicted octanol–water partition coefficient (Wildman–Crippen LogP) is 1.30. The van der Waals surface area contributed by atoms with Crippen LogP contribution in [0.3, 0.4) is 0 Å². The average molecular weight is 389 g/mol. The van der Waals surface area contributed by atoms with E-state index in [0.717, 1.165) is 30.0 Å². The van der Waals surface area contributed by atoms with Gasteiger partial charge in [-0.1, -0.05) is 6.07 Å². The van der Waals surface area contributed by atoms with E-state index < -0.39 is 0 Å². The summed E-state index contributed by atoms with van der Waals surface area (Å²) < 4.78 is 1.70. The van der Waals surface area contributed by atoms with Crippen molar-refractivity contribution in [3.63, 3.8) is 0 Å². The van der Waals surface area contributed by atoms with Gasteiger partial charge in [0.2, 0.25) is 0 Å². The Hall–Kier alpha value is -3.79. The van der Waals surface area contributed by atoms with Gasteiger partial charge < -0.3 is 15.5 Å². The minimum absolute atomic E-state index is 0.0334. The summed E-state index contributed by atoms with van der Waals surface area (Å²) in [5.41, 5.74) is 3.63. The minimum Gasteiger partial charge on any atom is -0.337 e. The Labute approximate surface area is 166 Å². The fourth-order valence-electron chi connectivity index (χ4n) is 3.41.